The Morgan fingerprint density at radius 2 is 1.97 bits per heavy atom. The van der Waals surface area contributed by atoms with Crippen LogP contribution in [0.15, 0.2) is 43.1 Å². The maximum Gasteiger partial charge on any atom is 0.165 e. The van der Waals surface area contributed by atoms with Crippen molar-refractivity contribution in [3.8, 4) is 11.3 Å². The summed E-state index contributed by atoms with van der Waals surface area (Å²) in [6.45, 7) is 5.30. The van der Waals surface area contributed by atoms with Crippen LogP contribution in [-0.4, -0.2) is 48.9 Å². The molecule has 0 saturated carbocycles. The van der Waals surface area contributed by atoms with Crippen molar-refractivity contribution in [3.63, 3.8) is 0 Å². The highest BCUT2D eigenvalue weighted by molar-refractivity contribution is 5.91. The van der Waals surface area contributed by atoms with Gasteiger partial charge in [0, 0.05) is 24.6 Å². The number of hydrogen-bond acceptors (Lipinski definition) is 8. The van der Waals surface area contributed by atoms with E-state index in [1.54, 1.807) is 12.5 Å². The third-order valence-electron chi connectivity index (χ3n) is 7.37. The predicted molar refractivity (Wildman–Crippen MR) is 141 cm³/mol. The van der Waals surface area contributed by atoms with E-state index in [9.17, 15) is 13.6 Å². The molecule has 2 atom stereocenters. The maximum atomic E-state index is 14.0. The molecule has 11 heteroatoms. The Morgan fingerprint density at radius 1 is 1.16 bits per heavy atom. The van der Waals surface area contributed by atoms with Gasteiger partial charge >= 0.3 is 0 Å². The fourth-order valence-corrected chi connectivity index (χ4v) is 5.08. The molecule has 4 heterocycles. The number of Topliss-reactive ketones (excluding diaryl/α,β-unsaturated/α-hetero) is 1. The minimum atomic E-state index is -0.965. The van der Waals surface area contributed by atoms with E-state index in [1.165, 1.54) is 12.4 Å². The van der Waals surface area contributed by atoms with Crippen LogP contribution in [0.5, 0.6) is 0 Å². The molecule has 1 saturated heterocycles. The second-order valence-electron chi connectivity index (χ2n) is 9.99. The van der Waals surface area contributed by atoms with Crippen molar-refractivity contribution in [1.29, 1.82) is 0 Å². The summed E-state index contributed by atoms with van der Waals surface area (Å²) in [6.07, 6.45) is 6.81. The lowest BCUT2D eigenvalue weighted by Crippen LogP contribution is -2.61. The van der Waals surface area contributed by atoms with Gasteiger partial charge < -0.3 is 20.9 Å². The molecule has 0 amide bonds. The van der Waals surface area contributed by atoms with Gasteiger partial charge in [-0.2, -0.15) is 0 Å². The summed E-state index contributed by atoms with van der Waals surface area (Å²) in [5, 5.41) is 0. The molecule has 198 valence electrons. The van der Waals surface area contributed by atoms with Gasteiger partial charge in [0.2, 0.25) is 0 Å². The van der Waals surface area contributed by atoms with Crippen LogP contribution < -0.4 is 16.4 Å². The van der Waals surface area contributed by atoms with Gasteiger partial charge in [-0.05, 0) is 49.1 Å². The van der Waals surface area contributed by atoms with Gasteiger partial charge in [-0.3, -0.25) is 9.78 Å². The zero-order valence-corrected chi connectivity index (χ0v) is 21.4. The highest BCUT2D eigenvalue weighted by Gasteiger charge is 2.40. The normalized spacial score (nSPS) is 18.6. The average molecular weight is 521 g/mol. The summed E-state index contributed by atoms with van der Waals surface area (Å²) in [5.41, 5.74) is 15.3. The lowest BCUT2D eigenvalue weighted by molar-refractivity contribution is -0.128. The first-order valence-electron chi connectivity index (χ1n) is 12.6. The van der Waals surface area contributed by atoms with Crippen LogP contribution in [0.1, 0.15) is 38.7 Å². The van der Waals surface area contributed by atoms with Crippen molar-refractivity contribution < 1.29 is 13.6 Å². The molecule has 0 spiro atoms. The van der Waals surface area contributed by atoms with Gasteiger partial charge in [-0.15, -0.1) is 0 Å². The quantitative estimate of drug-likeness (QED) is 0.377. The molecule has 0 radical (unpaired) electrons. The molecule has 3 aromatic heterocycles. The van der Waals surface area contributed by atoms with Gasteiger partial charge in [-0.25, -0.2) is 23.7 Å². The van der Waals surface area contributed by atoms with E-state index in [-0.39, 0.29) is 17.5 Å². The van der Waals surface area contributed by atoms with Crippen LogP contribution in [0.2, 0.25) is 0 Å². The van der Waals surface area contributed by atoms with E-state index in [4.69, 9.17) is 11.5 Å². The van der Waals surface area contributed by atoms with E-state index in [2.05, 4.69) is 24.8 Å². The highest BCUT2D eigenvalue weighted by atomic mass is 19.2. The summed E-state index contributed by atoms with van der Waals surface area (Å²) >= 11 is 0. The number of aromatic nitrogens is 5. The molecule has 5 rings (SSSR count). The summed E-state index contributed by atoms with van der Waals surface area (Å²) in [5.74, 6) is -1.67. The number of benzene rings is 1. The minimum absolute atomic E-state index is 0.0606. The van der Waals surface area contributed by atoms with Crippen LogP contribution in [0, 0.1) is 17.6 Å². The standard InChI is InChI=1S/C27H30F2N8O/c1-3-16(2)24(38)27(31)7-4-8-36(13-27)22-11-32-21(17-5-6-19(28)20(29)9-17)10-18(22)12-37-15-35-23-25(30)33-14-34-26(23)37/h5-6,9-11,14-16H,3-4,7-8,12-13,31H2,1-2H3,(H2,30,33,34)/t16-,27-/m1/s1. The predicted octanol–water partition coefficient (Wildman–Crippen LogP) is 3.71. The average Bonchev–Trinajstić information content (AvgIpc) is 3.33. The number of pyridine rings is 1. The molecule has 1 aliphatic heterocycles. The fourth-order valence-electron chi connectivity index (χ4n) is 5.08. The molecule has 1 fully saturated rings. The highest BCUT2D eigenvalue weighted by Crippen LogP contribution is 2.33. The SMILES string of the molecule is CC[C@@H](C)C(=O)[C@@]1(N)CCCN(c2cnc(-c3ccc(F)c(F)c3)cc2Cn2cnc3c(N)ncnc32)C1. The zero-order valence-electron chi connectivity index (χ0n) is 21.4. The largest absolute Gasteiger partial charge is 0.382 e. The first-order chi connectivity index (χ1) is 18.2. The van der Waals surface area contributed by atoms with Crippen molar-refractivity contribution in [2.24, 2.45) is 11.7 Å². The Bertz CT molecular complexity index is 1510. The first kappa shape index (κ1) is 25.7. The number of nitrogens with zero attached hydrogens (tertiary/aromatic N) is 6. The fraction of sp³-hybridized carbons (Fsp3) is 0.370. The molecule has 38 heavy (non-hydrogen) atoms. The first-order valence-corrected chi connectivity index (χ1v) is 12.6. The van der Waals surface area contributed by atoms with Crippen molar-refractivity contribution in [3.05, 3.63) is 60.3 Å². The Labute approximate surface area is 218 Å². The van der Waals surface area contributed by atoms with E-state index in [0.717, 1.165) is 36.2 Å². The lowest BCUT2D eigenvalue weighted by atomic mass is 9.80. The molecule has 0 unspecified atom stereocenters. The van der Waals surface area contributed by atoms with Crippen LogP contribution >= 0.6 is 0 Å². The number of anilines is 2. The number of carbonyl (C=O) groups is 1. The summed E-state index contributed by atoms with van der Waals surface area (Å²) in [7, 11) is 0. The number of nitrogen functional groups attached to an aromatic ring is 1. The molecule has 0 bridgehead atoms. The Kier molecular flexibility index (Phi) is 6.78. The molecule has 4 N–H and O–H groups in total. The number of ketones is 1. The van der Waals surface area contributed by atoms with Gasteiger partial charge in [0.1, 0.15) is 11.8 Å². The van der Waals surface area contributed by atoms with Crippen molar-refractivity contribution in [2.45, 2.75) is 45.2 Å². The summed E-state index contributed by atoms with van der Waals surface area (Å²) < 4.78 is 29.4. The van der Waals surface area contributed by atoms with E-state index in [0.29, 0.717) is 48.5 Å². The van der Waals surface area contributed by atoms with Crippen molar-refractivity contribution in [2.75, 3.05) is 23.7 Å². The number of fused-ring (bicyclic) bond motifs is 1. The molecular formula is C27H30F2N8O. The minimum Gasteiger partial charge on any atom is -0.382 e. The number of nitrogens with two attached hydrogens (primary N) is 2. The van der Waals surface area contributed by atoms with Gasteiger partial charge in [0.25, 0.3) is 0 Å². The van der Waals surface area contributed by atoms with Gasteiger partial charge in [-0.1, -0.05) is 13.8 Å². The van der Waals surface area contributed by atoms with E-state index < -0.39 is 17.2 Å². The lowest BCUT2D eigenvalue weighted by Gasteiger charge is -2.42. The number of hydrogen-bond donors (Lipinski definition) is 2. The van der Waals surface area contributed by atoms with Crippen LogP contribution in [-0.2, 0) is 11.3 Å². The maximum absolute atomic E-state index is 14.0. The van der Waals surface area contributed by atoms with Crippen LogP contribution in [0.3, 0.4) is 0 Å². The molecule has 4 aromatic rings. The third kappa shape index (κ3) is 4.69. The molecule has 1 aliphatic rings. The number of rotatable bonds is 7. The topological polar surface area (TPSA) is 129 Å². The van der Waals surface area contributed by atoms with Crippen LogP contribution in [0.4, 0.5) is 20.3 Å². The second kappa shape index (κ2) is 10.1. The molecular weight excluding hydrogens is 490 g/mol. The van der Waals surface area contributed by atoms with E-state index >= 15 is 0 Å². The van der Waals surface area contributed by atoms with E-state index in [1.807, 2.05) is 24.5 Å². The Balaban J connectivity index is 1.57. The zero-order chi connectivity index (χ0) is 27.0. The molecule has 0 aliphatic carbocycles. The molecule has 1 aromatic carbocycles. The number of piperidine rings is 1. The van der Waals surface area contributed by atoms with Crippen molar-refractivity contribution >= 4 is 28.5 Å². The number of halogens is 2. The van der Waals surface area contributed by atoms with Gasteiger partial charge in [0.05, 0.1) is 36.0 Å². The summed E-state index contributed by atoms with van der Waals surface area (Å²) in [6, 6.07) is 5.53. The molecule has 9 nitrogen and oxygen atoms in total. The van der Waals surface area contributed by atoms with Gasteiger partial charge in [0.15, 0.2) is 28.9 Å². The monoisotopic (exact) mass is 520 g/mol. The number of carbonyl (C=O) groups excluding carboxylic acids is 1. The second-order valence-corrected chi connectivity index (χ2v) is 9.99. The number of imidazole rings is 1. The third-order valence-corrected chi connectivity index (χ3v) is 7.37. The smallest absolute Gasteiger partial charge is 0.165 e. The summed E-state index contributed by atoms with van der Waals surface area (Å²) in [4.78, 5) is 32.5. The Morgan fingerprint density at radius 3 is 2.74 bits per heavy atom. The van der Waals surface area contributed by atoms with Crippen molar-refractivity contribution in [1.82, 2.24) is 24.5 Å². The Hall–Kier alpha value is -3.99. The van der Waals surface area contributed by atoms with Crippen LogP contribution in [0.25, 0.3) is 22.4 Å².